The molecule has 20 heavy (non-hydrogen) atoms. The molecule has 4 nitrogen and oxygen atoms in total. The molecule has 2 rings (SSSR count). The van der Waals surface area contributed by atoms with Gasteiger partial charge in [0.15, 0.2) is 0 Å². The molecule has 0 aliphatic rings. The number of aliphatic carboxylic acids is 1. The van der Waals surface area contributed by atoms with E-state index in [-0.39, 0.29) is 5.75 Å². The number of thioether (sulfide) groups is 1. The molecular formula is C14H15ClN2O2S. The molecule has 0 atom stereocenters. The Kier molecular flexibility index (Phi) is 5.09. The lowest BCUT2D eigenvalue weighted by Gasteiger charge is -2.07. The van der Waals surface area contributed by atoms with Crippen LogP contribution in [0.3, 0.4) is 0 Å². The number of aryl methyl sites for hydroxylation is 1. The third-order valence-electron chi connectivity index (χ3n) is 2.78. The maximum atomic E-state index is 10.7. The topological polar surface area (TPSA) is 55.1 Å². The summed E-state index contributed by atoms with van der Waals surface area (Å²) in [6.45, 7) is 2.56. The summed E-state index contributed by atoms with van der Waals surface area (Å²) in [7, 11) is 0. The lowest BCUT2D eigenvalue weighted by Crippen LogP contribution is -2.06. The van der Waals surface area contributed by atoms with Crippen molar-refractivity contribution in [3.8, 4) is 0 Å². The van der Waals surface area contributed by atoms with E-state index in [1.165, 1.54) is 11.8 Å². The number of aromatic nitrogens is 2. The molecule has 6 heteroatoms. The number of halogens is 1. The molecule has 0 aliphatic heterocycles. The first-order chi connectivity index (χ1) is 9.60. The highest BCUT2D eigenvalue weighted by Crippen LogP contribution is 2.23. The first-order valence-corrected chi connectivity index (χ1v) is 7.61. The van der Waals surface area contributed by atoms with Gasteiger partial charge >= 0.3 is 5.97 Å². The van der Waals surface area contributed by atoms with Crippen molar-refractivity contribution in [1.29, 1.82) is 0 Å². The summed E-state index contributed by atoms with van der Waals surface area (Å²) in [5.74, 6) is -0.810. The van der Waals surface area contributed by atoms with Crippen molar-refractivity contribution in [2.24, 2.45) is 0 Å². The van der Waals surface area contributed by atoms with Crippen LogP contribution in [-0.2, 0) is 17.8 Å². The zero-order valence-electron chi connectivity index (χ0n) is 11.0. The number of rotatable bonds is 6. The monoisotopic (exact) mass is 310 g/mol. The molecular weight excluding hydrogens is 296 g/mol. The largest absolute Gasteiger partial charge is 0.481 e. The molecule has 106 valence electrons. The van der Waals surface area contributed by atoms with Crippen molar-refractivity contribution in [2.45, 2.75) is 24.9 Å². The van der Waals surface area contributed by atoms with Gasteiger partial charge in [0.05, 0.1) is 23.0 Å². The third-order valence-corrected chi connectivity index (χ3v) is 4.16. The van der Waals surface area contributed by atoms with E-state index in [1.54, 1.807) is 0 Å². The maximum Gasteiger partial charge on any atom is 0.313 e. The Bertz CT molecular complexity index is 613. The second-order valence-electron chi connectivity index (χ2n) is 4.26. The minimum atomic E-state index is -0.835. The van der Waals surface area contributed by atoms with Gasteiger partial charge in [-0.3, -0.25) is 9.48 Å². The summed E-state index contributed by atoms with van der Waals surface area (Å²) in [5, 5.41) is 14.8. The van der Waals surface area contributed by atoms with Crippen LogP contribution in [0.25, 0.3) is 0 Å². The Morgan fingerprint density at radius 1 is 1.45 bits per heavy atom. The van der Waals surface area contributed by atoms with Gasteiger partial charge in [-0.2, -0.15) is 5.10 Å². The van der Waals surface area contributed by atoms with Crippen LogP contribution in [0.4, 0.5) is 0 Å². The van der Waals surface area contributed by atoms with Gasteiger partial charge in [0, 0.05) is 5.02 Å². The van der Waals surface area contributed by atoms with Gasteiger partial charge in [-0.05, 0) is 24.1 Å². The van der Waals surface area contributed by atoms with Crippen LogP contribution in [0.1, 0.15) is 18.2 Å². The van der Waals surface area contributed by atoms with Crippen molar-refractivity contribution < 1.29 is 9.90 Å². The van der Waals surface area contributed by atoms with Crippen molar-refractivity contribution in [3.05, 3.63) is 46.6 Å². The van der Waals surface area contributed by atoms with E-state index in [1.807, 2.05) is 41.9 Å². The van der Waals surface area contributed by atoms with Crippen LogP contribution in [0, 0.1) is 0 Å². The Balaban J connectivity index is 2.23. The summed E-state index contributed by atoms with van der Waals surface area (Å²) >= 11 is 7.43. The van der Waals surface area contributed by atoms with Gasteiger partial charge in [-0.25, -0.2) is 0 Å². The predicted octanol–water partition coefficient (Wildman–Crippen LogP) is 3.32. The van der Waals surface area contributed by atoms with Crippen molar-refractivity contribution >= 4 is 29.3 Å². The highest BCUT2D eigenvalue weighted by atomic mass is 35.5. The third kappa shape index (κ3) is 3.77. The van der Waals surface area contributed by atoms with Crippen LogP contribution in [0.5, 0.6) is 0 Å². The lowest BCUT2D eigenvalue weighted by atomic mass is 10.2. The normalized spacial score (nSPS) is 10.7. The van der Waals surface area contributed by atoms with E-state index in [9.17, 15) is 4.79 Å². The van der Waals surface area contributed by atoms with Gasteiger partial charge in [0.25, 0.3) is 0 Å². The summed E-state index contributed by atoms with van der Waals surface area (Å²) in [5.41, 5.74) is 1.92. The van der Waals surface area contributed by atoms with E-state index in [0.29, 0.717) is 11.6 Å². The molecule has 2 aromatic rings. The van der Waals surface area contributed by atoms with Crippen LogP contribution in [-0.4, -0.2) is 26.6 Å². The molecule has 0 aliphatic carbocycles. The van der Waals surface area contributed by atoms with Crippen molar-refractivity contribution in [1.82, 2.24) is 9.78 Å². The van der Waals surface area contributed by atoms with E-state index >= 15 is 0 Å². The second kappa shape index (κ2) is 6.81. The SMILES string of the molecule is CCc1cc(SCC(=O)O)n(Cc2ccccc2Cl)n1. The molecule has 0 radical (unpaired) electrons. The Hall–Kier alpha value is -1.46. The minimum Gasteiger partial charge on any atom is -0.481 e. The fourth-order valence-electron chi connectivity index (χ4n) is 1.78. The lowest BCUT2D eigenvalue weighted by molar-refractivity contribution is -0.133. The highest BCUT2D eigenvalue weighted by Gasteiger charge is 2.11. The summed E-state index contributed by atoms with van der Waals surface area (Å²) in [6, 6.07) is 9.53. The summed E-state index contributed by atoms with van der Waals surface area (Å²) in [6.07, 6.45) is 0.816. The molecule has 1 aromatic carbocycles. The second-order valence-corrected chi connectivity index (χ2v) is 5.66. The first kappa shape index (κ1) is 14.9. The number of carboxylic acids is 1. The quantitative estimate of drug-likeness (QED) is 0.832. The molecule has 0 bridgehead atoms. The fourth-order valence-corrected chi connectivity index (χ4v) is 2.72. The van der Waals surface area contributed by atoms with Crippen molar-refractivity contribution in [3.63, 3.8) is 0 Å². The number of benzene rings is 1. The zero-order chi connectivity index (χ0) is 14.5. The summed E-state index contributed by atoms with van der Waals surface area (Å²) in [4.78, 5) is 10.7. The molecule has 1 aromatic heterocycles. The Morgan fingerprint density at radius 2 is 2.20 bits per heavy atom. The van der Waals surface area contributed by atoms with Gasteiger partial charge < -0.3 is 5.11 Å². The van der Waals surface area contributed by atoms with E-state index < -0.39 is 5.97 Å². The smallest absolute Gasteiger partial charge is 0.313 e. The van der Waals surface area contributed by atoms with E-state index in [2.05, 4.69) is 5.10 Å². The summed E-state index contributed by atoms with van der Waals surface area (Å²) < 4.78 is 1.81. The minimum absolute atomic E-state index is 0.0252. The standard InChI is InChI=1S/C14H15ClN2O2S/c1-2-11-7-13(20-9-14(18)19)17(16-11)8-10-5-3-4-6-12(10)15/h3-7H,2,8-9H2,1H3,(H,18,19). The fraction of sp³-hybridized carbons (Fsp3) is 0.286. The van der Waals surface area contributed by atoms with Gasteiger partial charge in [-0.15, -0.1) is 0 Å². The average Bonchev–Trinajstić information content (AvgIpc) is 2.81. The number of hydrogen-bond donors (Lipinski definition) is 1. The molecule has 1 heterocycles. The van der Waals surface area contributed by atoms with Gasteiger partial charge in [0.1, 0.15) is 0 Å². The average molecular weight is 311 g/mol. The molecule has 0 amide bonds. The number of hydrogen-bond acceptors (Lipinski definition) is 3. The number of carbonyl (C=O) groups is 1. The maximum absolute atomic E-state index is 10.7. The molecule has 0 unspecified atom stereocenters. The molecule has 0 saturated heterocycles. The highest BCUT2D eigenvalue weighted by molar-refractivity contribution is 7.99. The Morgan fingerprint density at radius 3 is 2.85 bits per heavy atom. The first-order valence-electron chi connectivity index (χ1n) is 6.25. The van der Waals surface area contributed by atoms with E-state index in [4.69, 9.17) is 16.7 Å². The van der Waals surface area contributed by atoms with Crippen LogP contribution in [0.2, 0.25) is 5.02 Å². The Labute approximate surface area is 126 Å². The van der Waals surface area contributed by atoms with E-state index in [0.717, 1.165) is 22.7 Å². The van der Waals surface area contributed by atoms with Crippen LogP contribution < -0.4 is 0 Å². The molecule has 0 saturated carbocycles. The number of carboxylic acid groups (broad SMARTS) is 1. The van der Waals surface area contributed by atoms with Crippen LogP contribution in [0.15, 0.2) is 35.4 Å². The molecule has 0 spiro atoms. The molecule has 0 fully saturated rings. The van der Waals surface area contributed by atoms with Crippen LogP contribution >= 0.6 is 23.4 Å². The van der Waals surface area contributed by atoms with Gasteiger partial charge in [-0.1, -0.05) is 48.5 Å². The van der Waals surface area contributed by atoms with Gasteiger partial charge in [0.2, 0.25) is 0 Å². The molecule has 1 N–H and O–H groups in total. The zero-order valence-corrected chi connectivity index (χ0v) is 12.6. The number of nitrogens with zero attached hydrogens (tertiary/aromatic N) is 2. The predicted molar refractivity (Wildman–Crippen MR) is 80.5 cm³/mol. The van der Waals surface area contributed by atoms with Crippen molar-refractivity contribution in [2.75, 3.05) is 5.75 Å².